The molecule has 1 fully saturated rings. The third-order valence-electron chi connectivity index (χ3n) is 2.87. The second-order valence-electron chi connectivity index (χ2n) is 3.67. The van der Waals surface area contributed by atoms with Gasteiger partial charge in [-0.25, -0.2) is 4.39 Å². The van der Waals surface area contributed by atoms with Gasteiger partial charge in [0, 0.05) is 19.0 Å². The van der Waals surface area contributed by atoms with Crippen LogP contribution in [0.2, 0.25) is 0 Å². The van der Waals surface area contributed by atoms with E-state index in [-0.39, 0.29) is 17.9 Å². The van der Waals surface area contributed by atoms with Gasteiger partial charge in [-0.05, 0) is 12.3 Å². The molecule has 4 unspecified atom stereocenters. The summed E-state index contributed by atoms with van der Waals surface area (Å²) in [6, 6.07) is 0. The molecule has 0 aromatic carbocycles. The van der Waals surface area contributed by atoms with Crippen molar-refractivity contribution in [3.05, 3.63) is 0 Å². The van der Waals surface area contributed by atoms with Crippen LogP contribution in [0.1, 0.15) is 20.3 Å². The number of alkyl halides is 1. The van der Waals surface area contributed by atoms with Gasteiger partial charge in [0.25, 0.3) is 0 Å². The van der Waals surface area contributed by atoms with Crippen molar-refractivity contribution < 1.29 is 9.50 Å². The van der Waals surface area contributed by atoms with Crippen LogP contribution in [0.25, 0.3) is 0 Å². The monoisotopic (exact) mass is 175 g/mol. The fraction of sp³-hybridized carbons (Fsp3) is 1.00. The molecular formula is C9H18FNO. The van der Waals surface area contributed by atoms with E-state index in [0.717, 1.165) is 0 Å². The van der Waals surface area contributed by atoms with Gasteiger partial charge in [0.1, 0.15) is 6.17 Å². The largest absolute Gasteiger partial charge is 0.392 e. The standard InChI is InChI=1S/C9H18FNO/c1-3-8(10)7-4-11-5-9(12)6(7)2/h6-9,11-12H,3-5H2,1-2H3. The van der Waals surface area contributed by atoms with E-state index in [1.165, 1.54) is 0 Å². The lowest BCUT2D eigenvalue weighted by Gasteiger charge is -2.35. The molecule has 0 saturated carbocycles. The quantitative estimate of drug-likeness (QED) is 0.655. The minimum Gasteiger partial charge on any atom is -0.392 e. The van der Waals surface area contributed by atoms with Crippen molar-refractivity contribution in [1.29, 1.82) is 0 Å². The number of hydrogen-bond donors (Lipinski definition) is 2. The summed E-state index contributed by atoms with van der Waals surface area (Å²) in [5.74, 6) is 0.0694. The van der Waals surface area contributed by atoms with E-state index in [2.05, 4.69) is 5.32 Å². The van der Waals surface area contributed by atoms with Crippen molar-refractivity contribution in [3.8, 4) is 0 Å². The SMILES string of the molecule is CCC(F)C1CNCC(O)C1C. The first kappa shape index (κ1) is 9.93. The Balaban J connectivity index is 2.51. The lowest BCUT2D eigenvalue weighted by Crippen LogP contribution is -2.48. The lowest BCUT2D eigenvalue weighted by molar-refractivity contribution is 0.0217. The van der Waals surface area contributed by atoms with Crippen LogP contribution in [0, 0.1) is 11.8 Å². The summed E-state index contributed by atoms with van der Waals surface area (Å²) in [4.78, 5) is 0. The zero-order valence-electron chi connectivity index (χ0n) is 7.76. The average Bonchev–Trinajstić information content (AvgIpc) is 2.08. The highest BCUT2D eigenvalue weighted by Gasteiger charge is 2.33. The van der Waals surface area contributed by atoms with Gasteiger partial charge in [-0.15, -0.1) is 0 Å². The number of aliphatic hydroxyl groups excluding tert-OH is 1. The Morgan fingerprint density at radius 2 is 2.25 bits per heavy atom. The smallest absolute Gasteiger partial charge is 0.104 e. The summed E-state index contributed by atoms with van der Waals surface area (Å²) >= 11 is 0. The predicted octanol–water partition coefficient (Wildman–Crippen LogP) is 0.951. The molecule has 0 bridgehead atoms. The Labute approximate surface area is 73.2 Å². The van der Waals surface area contributed by atoms with Gasteiger partial charge in [0.15, 0.2) is 0 Å². The van der Waals surface area contributed by atoms with Gasteiger partial charge in [-0.3, -0.25) is 0 Å². The molecule has 1 rings (SSSR count). The third-order valence-corrected chi connectivity index (χ3v) is 2.87. The van der Waals surface area contributed by atoms with Crippen LogP contribution in [0.4, 0.5) is 4.39 Å². The maximum atomic E-state index is 13.3. The molecule has 1 saturated heterocycles. The summed E-state index contributed by atoms with van der Waals surface area (Å²) in [6.07, 6.45) is -0.611. The van der Waals surface area contributed by atoms with Crippen molar-refractivity contribution in [2.75, 3.05) is 13.1 Å². The summed E-state index contributed by atoms with van der Waals surface area (Å²) in [7, 11) is 0. The molecule has 0 radical (unpaired) electrons. The maximum Gasteiger partial charge on any atom is 0.104 e. The molecule has 4 atom stereocenters. The normalized spacial score (nSPS) is 39.5. The van der Waals surface area contributed by atoms with E-state index < -0.39 is 6.17 Å². The number of rotatable bonds is 2. The average molecular weight is 175 g/mol. The van der Waals surface area contributed by atoms with Gasteiger partial charge < -0.3 is 10.4 Å². The van der Waals surface area contributed by atoms with Gasteiger partial charge in [-0.1, -0.05) is 13.8 Å². The summed E-state index contributed by atoms with van der Waals surface area (Å²) < 4.78 is 13.3. The van der Waals surface area contributed by atoms with Crippen LogP contribution < -0.4 is 5.32 Å². The van der Waals surface area contributed by atoms with Gasteiger partial charge in [-0.2, -0.15) is 0 Å². The number of piperidine rings is 1. The summed E-state index contributed by atoms with van der Waals surface area (Å²) in [5, 5.41) is 12.5. The van der Waals surface area contributed by atoms with Crippen LogP contribution >= 0.6 is 0 Å². The fourth-order valence-corrected chi connectivity index (χ4v) is 1.82. The molecule has 0 aromatic heterocycles. The summed E-state index contributed by atoms with van der Waals surface area (Å²) in [5.41, 5.74) is 0. The molecule has 1 heterocycles. The number of aliphatic hydroxyl groups is 1. The van der Waals surface area contributed by atoms with Gasteiger partial charge >= 0.3 is 0 Å². The van der Waals surface area contributed by atoms with Crippen LogP contribution in [0.3, 0.4) is 0 Å². The Kier molecular flexibility index (Phi) is 3.47. The minimum atomic E-state index is -0.776. The fourth-order valence-electron chi connectivity index (χ4n) is 1.82. The Bertz CT molecular complexity index is 142. The molecule has 12 heavy (non-hydrogen) atoms. The van der Waals surface area contributed by atoms with Crippen LogP contribution in [-0.2, 0) is 0 Å². The van der Waals surface area contributed by atoms with Crippen LogP contribution in [0.15, 0.2) is 0 Å². The van der Waals surface area contributed by atoms with Crippen LogP contribution in [-0.4, -0.2) is 30.5 Å². The molecule has 2 N–H and O–H groups in total. The number of nitrogens with one attached hydrogen (secondary N) is 1. The van der Waals surface area contributed by atoms with Gasteiger partial charge in [0.05, 0.1) is 6.10 Å². The molecule has 0 aliphatic carbocycles. The van der Waals surface area contributed by atoms with E-state index in [0.29, 0.717) is 19.5 Å². The third kappa shape index (κ3) is 1.96. The first-order chi connectivity index (χ1) is 5.66. The number of β-amino-alcohol motifs (C(OH)–C–C–N with tert-alkyl or cyclic N) is 1. The second-order valence-corrected chi connectivity index (χ2v) is 3.67. The van der Waals surface area contributed by atoms with Crippen molar-refractivity contribution >= 4 is 0 Å². The zero-order chi connectivity index (χ0) is 9.14. The van der Waals surface area contributed by atoms with Crippen molar-refractivity contribution in [1.82, 2.24) is 5.32 Å². The summed E-state index contributed by atoms with van der Waals surface area (Å²) in [6.45, 7) is 5.08. The lowest BCUT2D eigenvalue weighted by atomic mass is 9.82. The highest BCUT2D eigenvalue weighted by molar-refractivity contribution is 4.85. The van der Waals surface area contributed by atoms with E-state index >= 15 is 0 Å². The van der Waals surface area contributed by atoms with Crippen molar-refractivity contribution in [3.63, 3.8) is 0 Å². The van der Waals surface area contributed by atoms with Crippen molar-refractivity contribution in [2.24, 2.45) is 11.8 Å². The van der Waals surface area contributed by atoms with E-state index in [1.807, 2.05) is 13.8 Å². The predicted molar refractivity (Wildman–Crippen MR) is 46.7 cm³/mol. The molecule has 1 aliphatic heterocycles. The topological polar surface area (TPSA) is 32.3 Å². The Hall–Kier alpha value is -0.150. The highest BCUT2D eigenvalue weighted by Crippen LogP contribution is 2.25. The molecule has 72 valence electrons. The minimum absolute atomic E-state index is 0.0150. The Morgan fingerprint density at radius 1 is 1.58 bits per heavy atom. The molecule has 3 heteroatoms. The molecule has 2 nitrogen and oxygen atoms in total. The highest BCUT2D eigenvalue weighted by atomic mass is 19.1. The first-order valence-corrected chi connectivity index (χ1v) is 4.69. The molecule has 1 aliphatic rings. The first-order valence-electron chi connectivity index (χ1n) is 4.69. The van der Waals surface area contributed by atoms with Gasteiger partial charge in [0.2, 0.25) is 0 Å². The number of hydrogen-bond acceptors (Lipinski definition) is 2. The van der Waals surface area contributed by atoms with Crippen LogP contribution in [0.5, 0.6) is 0 Å². The van der Waals surface area contributed by atoms with E-state index in [1.54, 1.807) is 0 Å². The second kappa shape index (κ2) is 4.19. The van der Waals surface area contributed by atoms with E-state index in [4.69, 9.17) is 0 Å². The van der Waals surface area contributed by atoms with E-state index in [9.17, 15) is 9.50 Å². The molecule has 0 spiro atoms. The van der Waals surface area contributed by atoms with Crippen molar-refractivity contribution in [2.45, 2.75) is 32.5 Å². The molecule has 0 amide bonds. The molecular weight excluding hydrogens is 157 g/mol. The zero-order valence-corrected chi connectivity index (χ0v) is 7.76. The number of halogens is 1. The maximum absolute atomic E-state index is 13.3. The molecule has 0 aromatic rings. The Morgan fingerprint density at radius 3 is 2.83 bits per heavy atom.